The van der Waals surface area contributed by atoms with Gasteiger partial charge in [0.1, 0.15) is 0 Å². The van der Waals surface area contributed by atoms with E-state index in [4.69, 9.17) is 12.2 Å². The van der Waals surface area contributed by atoms with Gasteiger partial charge in [0.05, 0.1) is 0 Å². The van der Waals surface area contributed by atoms with E-state index in [0.29, 0.717) is 6.04 Å². The molecule has 1 aliphatic rings. The molecular weight excluding hydrogens is 252 g/mol. The summed E-state index contributed by atoms with van der Waals surface area (Å²) in [5.41, 5.74) is 1.50. The Morgan fingerprint density at radius 3 is 2.47 bits per heavy atom. The highest BCUT2D eigenvalue weighted by Gasteiger charge is 2.28. The van der Waals surface area contributed by atoms with Crippen LogP contribution in [0.5, 0.6) is 0 Å². The molecule has 0 radical (unpaired) electrons. The number of hydrogen-bond donors (Lipinski definition) is 1. The molecule has 0 saturated heterocycles. The zero-order chi connectivity index (χ0) is 14.0. The first-order chi connectivity index (χ1) is 8.95. The number of hydrogen-bond acceptors (Lipinski definition) is 1. The fraction of sp³-hybridized carbons (Fsp3) is 0.812. The van der Waals surface area contributed by atoms with Gasteiger partial charge in [0.15, 0.2) is 4.77 Å². The Morgan fingerprint density at radius 1 is 1.32 bits per heavy atom. The quantitative estimate of drug-likeness (QED) is 0.738. The van der Waals surface area contributed by atoms with Gasteiger partial charge in [-0.05, 0) is 37.4 Å². The third-order valence-corrected chi connectivity index (χ3v) is 4.84. The van der Waals surface area contributed by atoms with Gasteiger partial charge >= 0.3 is 0 Å². The normalized spacial score (nSPS) is 19.6. The van der Waals surface area contributed by atoms with Gasteiger partial charge in [0.25, 0.3) is 0 Å². The Bertz CT molecular complexity index is 458. The SMILES string of the molecule is CCC(C1CCCCC1)n1c(C(C)(C)C)c[nH]c1=S. The minimum absolute atomic E-state index is 0.148. The second-order valence-electron chi connectivity index (χ2n) is 6.97. The van der Waals surface area contributed by atoms with Gasteiger partial charge in [-0.2, -0.15) is 0 Å². The van der Waals surface area contributed by atoms with E-state index in [-0.39, 0.29) is 5.41 Å². The van der Waals surface area contributed by atoms with Crippen molar-refractivity contribution in [3.05, 3.63) is 16.7 Å². The van der Waals surface area contributed by atoms with Crippen LogP contribution < -0.4 is 0 Å². The first-order valence-electron chi connectivity index (χ1n) is 7.75. The molecule has 1 heterocycles. The van der Waals surface area contributed by atoms with Crippen LogP contribution >= 0.6 is 12.2 Å². The predicted molar refractivity (Wildman–Crippen MR) is 84.2 cm³/mol. The van der Waals surface area contributed by atoms with E-state index in [1.807, 2.05) is 0 Å². The summed E-state index contributed by atoms with van der Waals surface area (Å²) in [7, 11) is 0. The van der Waals surface area contributed by atoms with Crippen LogP contribution in [0.15, 0.2) is 6.20 Å². The van der Waals surface area contributed by atoms with Crippen molar-refractivity contribution in [3.63, 3.8) is 0 Å². The second kappa shape index (κ2) is 5.82. The summed E-state index contributed by atoms with van der Waals surface area (Å²) in [4.78, 5) is 3.28. The summed E-state index contributed by atoms with van der Waals surface area (Å²) >= 11 is 5.56. The molecule has 0 aromatic carbocycles. The topological polar surface area (TPSA) is 20.7 Å². The van der Waals surface area contributed by atoms with Crippen LogP contribution in [0.25, 0.3) is 0 Å². The van der Waals surface area contributed by atoms with Gasteiger partial charge in [-0.1, -0.05) is 47.0 Å². The second-order valence-corrected chi connectivity index (χ2v) is 7.36. The maximum absolute atomic E-state index is 5.56. The van der Waals surface area contributed by atoms with Crippen molar-refractivity contribution in [2.75, 3.05) is 0 Å². The lowest BCUT2D eigenvalue weighted by Gasteiger charge is -2.34. The smallest absolute Gasteiger partial charge is 0.177 e. The summed E-state index contributed by atoms with van der Waals surface area (Å²) in [6.07, 6.45) is 10.2. The molecule has 1 aliphatic carbocycles. The van der Waals surface area contributed by atoms with Crippen LogP contribution in [0, 0.1) is 10.7 Å². The fourth-order valence-electron chi connectivity index (χ4n) is 3.53. The van der Waals surface area contributed by atoms with E-state index in [2.05, 4.69) is 43.4 Å². The predicted octanol–water partition coefficient (Wildman–Crippen LogP) is 5.37. The number of aromatic amines is 1. The van der Waals surface area contributed by atoms with Crippen LogP contribution in [-0.2, 0) is 5.41 Å². The number of nitrogens with one attached hydrogen (secondary N) is 1. The maximum Gasteiger partial charge on any atom is 0.177 e. The Balaban J connectivity index is 2.37. The monoisotopic (exact) mass is 280 g/mol. The van der Waals surface area contributed by atoms with Crippen LogP contribution in [0.3, 0.4) is 0 Å². The maximum atomic E-state index is 5.56. The molecular formula is C16H28N2S. The lowest BCUT2D eigenvalue weighted by atomic mass is 9.82. The highest BCUT2D eigenvalue weighted by atomic mass is 32.1. The van der Waals surface area contributed by atoms with E-state index >= 15 is 0 Å². The highest BCUT2D eigenvalue weighted by molar-refractivity contribution is 7.71. The summed E-state index contributed by atoms with van der Waals surface area (Å²) in [6.45, 7) is 9.12. The molecule has 1 saturated carbocycles. The minimum Gasteiger partial charge on any atom is -0.337 e. The summed E-state index contributed by atoms with van der Waals surface area (Å²) in [5, 5.41) is 0. The van der Waals surface area contributed by atoms with Crippen LogP contribution in [0.4, 0.5) is 0 Å². The standard InChI is InChI=1S/C16H28N2S/c1-5-13(12-9-7-6-8-10-12)18-14(16(2,3)4)11-17-15(18)19/h11-13H,5-10H2,1-4H3,(H,17,19). The lowest BCUT2D eigenvalue weighted by Crippen LogP contribution is -2.26. The Morgan fingerprint density at radius 2 is 1.95 bits per heavy atom. The Hall–Kier alpha value is -0.570. The molecule has 1 aromatic heterocycles. The molecule has 0 spiro atoms. The van der Waals surface area contributed by atoms with Gasteiger partial charge in [-0.3, -0.25) is 0 Å². The van der Waals surface area contributed by atoms with Gasteiger partial charge in [0.2, 0.25) is 0 Å². The molecule has 1 aromatic rings. The summed E-state index contributed by atoms with van der Waals surface area (Å²) in [5.74, 6) is 0.808. The van der Waals surface area contributed by atoms with E-state index < -0.39 is 0 Å². The van der Waals surface area contributed by atoms with E-state index in [1.165, 1.54) is 44.2 Å². The van der Waals surface area contributed by atoms with Crippen molar-refractivity contribution in [3.8, 4) is 0 Å². The van der Waals surface area contributed by atoms with Gasteiger partial charge in [-0.15, -0.1) is 0 Å². The molecule has 1 atom stereocenters. The van der Waals surface area contributed by atoms with Gasteiger partial charge < -0.3 is 9.55 Å². The molecule has 2 rings (SSSR count). The van der Waals surface area contributed by atoms with Crippen molar-refractivity contribution in [2.24, 2.45) is 5.92 Å². The zero-order valence-corrected chi connectivity index (χ0v) is 13.6. The molecule has 0 aliphatic heterocycles. The molecule has 1 N–H and O–H groups in total. The van der Waals surface area contributed by atoms with Crippen molar-refractivity contribution in [1.82, 2.24) is 9.55 Å². The molecule has 19 heavy (non-hydrogen) atoms. The van der Waals surface area contributed by atoms with Crippen LogP contribution in [0.1, 0.15) is 78.0 Å². The zero-order valence-electron chi connectivity index (χ0n) is 12.8. The fourth-order valence-corrected chi connectivity index (χ4v) is 3.82. The van der Waals surface area contributed by atoms with E-state index in [1.54, 1.807) is 0 Å². The van der Waals surface area contributed by atoms with Crippen molar-refractivity contribution in [2.45, 2.75) is 77.7 Å². The van der Waals surface area contributed by atoms with Gasteiger partial charge in [0, 0.05) is 23.3 Å². The van der Waals surface area contributed by atoms with Crippen LogP contribution in [-0.4, -0.2) is 9.55 Å². The number of aromatic nitrogens is 2. The molecule has 1 fully saturated rings. The molecule has 2 nitrogen and oxygen atoms in total. The largest absolute Gasteiger partial charge is 0.337 e. The molecule has 108 valence electrons. The summed E-state index contributed by atoms with van der Waals surface area (Å²) in [6, 6.07) is 0.577. The Labute approximate surface area is 122 Å². The molecule has 3 heteroatoms. The number of H-pyrrole nitrogens is 1. The van der Waals surface area contributed by atoms with Crippen molar-refractivity contribution >= 4 is 12.2 Å². The van der Waals surface area contributed by atoms with Crippen molar-refractivity contribution in [1.29, 1.82) is 0 Å². The molecule has 0 amide bonds. The number of imidazole rings is 1. The van der Waals surface area contributed by atoms with E-state index in [9.17, 15) is 0 Å². The number of nitrogens with zero attached hydrogens (tertiary/aromatic N) is 1. The third-order valence-electron chi connectivity index (χ3n) is 4.52. The van der Waals surface area contributed by atoms with Crippen molar-refractivity contribution < 1.29 is 0 Å². The lowest BCUT2D eigenvalue weighted by molar-refractivity contribution is 0.233. The van der Waals surface area contributed by atoms with Gasteiger partial charge in [-0.25, -0.2) is 0 Å². The number of rotatable bonds is 3. The average Bonchev–Trinajstić information content (AvgIpc) is 2.74. The summed E-state index contributed by atoms with van der Waals surface area (Å²) < 4.78 is 3.33. The average molecular weight is 280 g/mol. The Kier molecular flexibility index (Phi) is 4.54. The molecule has 0 bridgehead atoms. The van der Waals surface area contributed by atoms with E-state index in [0.717, 1.165) is 10.7 Å². The first kappa shape index (κ1) is 14.8. The first-order valence-corrected chi connectivity index (χ1v) is 8.16. The van der Waals surface area contributed by atoms with Crippen LogP contribution in [0.2, 0.25) is 0 Å². The minimum atomic E-state index is 0.148. The molecule has 1 unspecified atom stereocenters. The third kappa shape index (κ3) is 3.13. The highest BCUT2D eigenvalue weighted by Crippen LogP contribution is 2.37.